The van der Waals surface area contributed by atoms with E-state index >= 15 is 0 Å². The summed E-state index contributed by atoms with van der Waals surface area (Å²) in [5, 5.41) is 5.67. The average molecular weight is 179 g/mol. The van der Waals surface area contributed by atoms with Crippen LogP contribution in [0.5, 0.6) is 0 Å². The largest absolute Gasteiger partial charge is 0.315 e. The number of fused-ring (bicyclic) bond motifs is 2. The molecule has 0 unspecified atom stereocenters. The van der Waals surface area contributed by atoms with Crippen molar-refractivity contribution < 1.29 is 0 Å². The Bertz CT molecular complexity index is 299. The van der Waals surface area contributed by atoms with Crippen LogP contribution in [0.2, 0.25) is 0 Å². The molecule has 1 nitrogen and oxygen atoms in total. The predicted molar refractivity (Wildman–Crippen MR) is 51.8 cm³/mol. The molecule has 0 aromatic carbocycles. The van der Waals surface area contributed by atoms with Crippen LogP contribution in [0.3, 0.4) is 0 Å². The van der Waals surface area contributed by atoms with Gasteiger partial charge in [0.05, 0.1) is 0 Å². The lowest BCUT2D eigenvalue weighted by atomic mass is 9.68. The van der Waals surface area contributed by atoms with Crippen molar-refractivity contribution >= 4 is 11.3 Å². The van der Waals surface area contributed by atoms with Crippen LogP contribution in [0.4, 0.5) is 0 Å². The number of rotatable bonds is 0. The van der Waals surface area contributed by atoms with Crippen molar-refractivity contribution in [3.05, 3.63) is 21.9 Å². The van der Waals surface area contributed by atoms with Crippen LogP contribution in [-0.4, -0.2) is 13.1 Å². The summed E-state index contributed by atoms with van der Waals surface area (Å²) < 4.78 is 0. The molecule has 1 spiro atoms. The SMILES string of the molecule is c1cc2c(s1)CCCC21CNC1. The monoisotopic (exact) mass is 179 g/mol. The smallest absolute Gasteiger partial charge is 0.0213 e. The molecule has 0 saturated carbocycles. The van der Waals surface area contributed by atoms with E-state index in [4.69, 9.17) is 0 Å². The predicted octanol–water partition coefficient (Wildman–Crippen LogP) is 1.93. The summed E-state index contributed by atoms with van der Waals surface area (Å²) in [6.45, 7) is 2.44. The van der Waals surface area contributed by atoms with E-state index in [1.165, 1.54) is 32.4 Å². The minimum atomic E-state index is 0.563. The van der Waals surface area contributed by atoms with Crippen LogP contribution < -0.4 is 5.32 Å². The molecule has 3 rings (SSSR count). The fraction of sp³-hybridized carbons (Fsp3) is 0.600. The first-order chi connectivity index (χ1) is 5.91. The van der Waals surface area contributed by atoms with Gasteiger partial charge in [0, 0.05) is 23.4 Å². The molecule has 2 aliphatic rings. The molecule has 1 fully saturated rings. The molecule has 1 aromatic heterocycles. The molecule has 0 atom stereocenters. The molecule has 2 heterocycles. The Kier molecular flexibility index (Phi) is 1.38. The lowest BCUT2D eigenvalue weighted by Crippen LogP contribution is -2.57. The zero-order valence-electron chi connectivity index (χ0n) is 7.10. The van der Waals surface area contributed by atoms with Crippen LogP contribution in [0.25, 0.3) is 0 Å². The lowest BCUT2D eigenvalue weighted by Gasteiger charge is -2.45. The molecular weight excluding hydrogens is 166 g/mol. The van der Waals surface area contributed by atoms with Crippen LogP contribution >= 0.6 is 11.3 Å². The minimum absolute atomic E-state index is 0.563. The molecule has 2 heteroatoms. The number of thiophene rings is 1. The number of aryl methyl sites for hydroxylation is 1. The summed E-state index contributed by atoms with van der Waals surface area (Å²) in [6, 6.07) is 2.35. The maximum atomic E-state index is 3.41. The summed E-state index contributed by atoms with van der Waals surface area (Å²) in [5.41, 5.74) is 2.23. The molecule has 1 saturated heterocycles. The summed E-state index contributed by atoms with van der Waals surface area (Å²) in [6.07, 6.45) is 4.13. The van der Waals surface area contributed by atoms with Crippen LogP contribution in [0, 0.1) is 0 Å². The van der Waals surface area contributed by atoms with Gasteiger partial charge in [0.2, 0.25) is 0 Å². The second-order valence-electron chi connectivity index (χ2n) is 3.99. The van der Waals surface area contributed by atoms with Gasteiger partial charge in [0.1, 0.15) is 0 Å². The highest BCUT2D eigenvalue weighted by molar-refractivity contribution is 7.10. The van der Waals surface area contributed by atoms with Gasteiger partial charge < -0.3 is 5.32 Å². The van der Waals surface area contributed by atoms with E-state index in [1.54, 1.807) is 10.4 Å². The maximum Gasteiger partial charge on any atom is 0.0213 e. The molecular formula is C10H13NS. The first-order valence-electron chi connectivity index (χ1n) is 4.68. The van der Waals surface area contributed by atoms with Crippen molar-refractivity contribution in [3.63, 3.8) is 0 Å². The Hall–Kier alpha value is -0.340. The van der Waals surface area contributed by atoms with Gasteiger partial charge in [-0.2, -0.15) is 0 Å². The Morgan fingerprint density at radius 1 is 1.42 bits per heavy atom. The van der Waals surface area contributed by atoms with Gasteiger partial charge >= 0.3 is 0 Å². The number of hydrogen-bond acceptors (Lipinski definition) is 2. The molecule has 0 amide bonds. The van der Waals surface area contributed by atoms with Gasteiger partial charge in [0.25, 0.3) is 0 Å². The van der Waals surface area contributed by atoms with Gasteiger partial charge in [-0.15, -0.1) is 11.3 Å². The first kappa shape index (κ1) is 7.10. The van der Waals surface area contributed by atoms with Gasteiger partial charge in [-0.1, -0.05) is 0 Å². The van der Waals surface area contributed by atoms with Crippen molar-refractivity contribution in [1.29, 1.82) is 0 Å². The molecule has 1 N–H and O–H groups in total. The van der Waals surface area contributed by atoms with Crippen LogP contribution in [0.1, 0.15) is 23.3 Å². The van der Waals surface area contributed by atoms with Crippen molar-refractivity contribution in [2.24, 2.45) is 0 Å². The van der Waals surface area contributed by atoms with Crippen molar-refractivity contribution in [2.45, 2.75) is 24.7 Å². The Morgan fingerprint density at radius 3 is 3.08 bits per heavy atom. The van der Waals surface area contributed by atoms with E-state index in [9.17, 15) is 0 Å². The normalized spacial score (nSPS) is 25.0. The molecule has 1 aliphatic carbocycles. The first-order valence-corrected chi connectivity index (χ1v) is 5.56. The van der Waals surface area contributed by atoms with Crippen LogP contribution in [0.15, 0.2) is 11.4 Å². The van der Waals surface area contributed by atoms with Crippen molar-refractivity contribution in [1.82, 2.24) is 5.32 Å². The molecule has 1 aromatic rings. The fourth-order valence-corrected chi connectivity index (χ4v) is 3.56. The maximum absolute atomic E-state index is 3.41. The highest BCUT2D eigenvalue weighted by atomic mass is 32.1. The second kappa shape index (κ2) is 2.33. The zero-order chi connectivity index (χ0) is 8.02. The third-order valence-electron chi connectivity index (χ3n) is 3.30. The Balaban J connectivity index is 2.09. The van der Waals surface area contributed by atoms with Gasteiger partial charge in [-0.3, -0.25) is 0 Å². The molecule has 1 aliphatic heterocycles. The van der Waals surface area contributed by atoms with E-state index in [0.717, 1.165) is 0 Å². The topological polar surface area (TPSA) is 12.0 Å². The van der Waals surface area contributed by atoms with E-state index < -0.39 is 0 Å². The van der Waals surface area contributed by atoms with Gasteiger partial charge in [-0.25, -0.2) is 0 Å². The quantitative estimate of drug-likeness (QED) is 0.641. The molecule has 12 heavy (non-hydrogen) atoms. The van der Waals surface area contributed by atoms with Gasteiger partial charge in [-0.05, 0) is 36.3 Å². The summed E-state index contributed by atoms with van der Waals surface area (Å²) in [4.78, 5) is 1.66. The lowest BCUT2D eigenvalue weighted by molar-refractivity contribution is 0.241. The standard InChI is InChI=1S/C10H13NS/c1-2-9-8(3-5-12-9)10(4-1)6-11-7-10/h3,5,11H,1-2,4,6-7H2. The third kappa shape index (κ3) is 0.771. The van der Waals surface area contributed by atoms with Crippen molar-refractivity contribution in [3.8, 4) is 0 Å². The second-order valence-corrected chi connectivity index (χ2v) is 5.00. The third-order valence-corrected chi connectivity index (χ3v) is 4.28. The number of nitrogens with one attached hydrogen (secondary N) is 1. The fourth-order valence-electron chi connectivity index (χ4n) is 2.52. The summed E-state index contributed by atoms with van der Waals surface area (Å²) >= 11 is 1.95. The minimum Gasteiger partial charge on any atom is -0.315 e. The highest BCUT2D eigenvalue weighted by Crippen LogP contribution is 2.42. The zero-order valence-corrected chi connectivity index (χ0v) is 7.91. The van der Waals surface area contributed by atoms with E-state index in [1.807, 2.05) is 11.3 Å². The molecule has 64 valence electrons. The highest BCUT2D eigenvalue weighted by Gasteiger charge is 2.41. The van der Waals surface area contributed by atoms with Crippen LogP contribution in [-0.2, 0) is 11.8 Å². The number of hydrogen-bond donors (Lipinski definition) is 1. The Labute approximate surface area is 76.8 Å². The van der Waals surface area contributed by atoms with Crippen molar-refractivity contribution in [2.75, 3.05) is 13.1 Å². The summed E-state index contributed by atoms with van der Waals surface area (Å²) in [5.74, 6) is 0. The summed E-state index contributed by atoms with van der Waals surface area (Å²) in [7, 11) is 0. The Morgan fingerprint density at radius 2 is 2.33 bits per heavy atom. The van der Waals surface area contributed by atoms with E-state index in [2.05, 4.69) is 16.8 Å². The van der Waals surface area contributed by atoms with Gasteiger partial charge in [0.15, 0.2) is 0 Å². The van der Waals surface area contributed by atoms with E-state index in [-0.39, 0.29) is 0 Å². The average Bonchev–Trinajstić information content (AvgIpc) is 2.47. The van der Waals surface area contributed by atoms with E-state index in [0.29, 0.717) is 5.41 Å². The molecule has 0 bridgehead atoms. The molecule has 0 radical (unpaired) electrons.